The van der Waals surface area contributed by atoms with E-state index in [0.29, 0.717) is 6.61 Å². The van der Waals surface area contributed by atoms with Crippen molar-refractivity contribution in [2.75, 3.05) is 33.3 Å². The van der Waals surface area contributed by atoms with Gasteiger partial charge in [0.25, 0.3) is 0 Å². The fourth-order valence-electron chi connectivity index (χ4n) is 2.25. The van der Waals surface area contributed by atoms with Gasteiger partial charge in [-0.3, -0.25) is 0 Å². The van der Waals surface area contributed by atoms with E-state index in [-0.39, 0.29) is 0 Å². The second kappa shape index (κ2) is 8.08. The van der Waals surface area contributed by atoms with Crippen molar-refractivity contribution in [2.24, 2.45) is 0 Å². The van der Waals surface area contributed by atoms with Gasteiger partial charge in [-0.2, -0.15) is 0 Å². The molecule has 2 N–H and O–H groups in total. The maximum atomic E-state index is 8.65. The molecule has 1 aliphatic rings. The van der Waals surface area contributed by atoms with Crippen molar-refractivity contribution in [2.45, 2.75) is 44.6 Å². The first-order valence-electron chi connectivity index (χ1n) is 6.37. The average molecular weight is 214 g/mol. The van der Waals surface area contributed by atoms with Crippen LogP contribution in [0.5, 0.6) is 0 Å². The van der Waals surface area contributed by atoms with Crippen LogP contribution in [0.1, 0.15) is 38.5 Å². The minimum atomic E-state index is 0.355. The lowest BCUT2D eigenvalue weighted by Crippen LogP contribution is -2.41. The highest BCUT2D eigenvalue weighted by Gasteiger charge is 2.16. The summed E-state index contributed by atoms with van der Waals surface area (Å²) in [6.45, 7) is 4.12. The summed E-state index contributed by atoms with van der Waals surface area (Å²) in [4.78, 5) is 2.58. The average Bonchev–Trinajstić information content (AvgIpc) is 2.30. The molecule has 0 saturated carbocycles. The van der Waals surface area contributed by atoms with Crippen molar-refractivity contribution in [3.8, 4) is 0 Å². The summed E-state index contributed by atoms with van der Waals surface area (Å²) in [5, 5.41) is 12.0. The molecule has 1 aliphatic heterocycles. The van der Waals surface area contributed by atoms with Crippen LogP contribution in [0.25, 0.3) is 0 Å². The van der Waals surface area contributed by atoms with Gasteiger partial charge in [0.2, 0.25) is 0 Å². The molecule has 1 heterocycles. The molecule has 0 aromatic rings. The molecule has 1 fully saturated rings. The molecule has 0 radical (unpaired) electrons. The standard InChI is InChI=1S/C12H26N2O/c1-13-12-6-9-14(10-7-12)8-4-2-3-5-11-15/h12-13,15H,2-11H2,1H3. The SMILES string of the molecule is CNC1CCN(CCCCCCO)CC1. The van der Waals surface area contributed by atoms with Crippen molar-refractivity contribution in [3.05, 3.63) is 0 Å². The Balaban J connectivity index is 1.94. The van der Waals surface area contributed by atoms with Crippen LogP contribution in [0.4, 0.5) is 0 Å². The molecular weight excluding hydrogens is 188 g/mol. The molecule has 0 aliphatic carbocycles. The Morgan fingerprint density at radius 3 is 2.40 bits per heavy atom. The van der Waals surface area contributed by atoms with Crippen LogP contribution in [-0.2, 0) is 0 Å². The summed E-state index contributed by atoms with van der Waals surface area (Å²) in [6, 6.07) is 0.746. The molecule has 15 heavy (non-hydrogen) atoms. The van der Waals surface area contributed by atoms with Crippen molar-refractivity contribution >= 4 is 0 Å². The molecule has 0 unspecified atom stereocenters. The lowest BCUT2D eigenvalue weighted by Gasteiger charge is -2.31. The van der Waals surface area contributed by atoms with Crippen molar-refractivity contribution in [3.63, 3.8) is 0 Å². The van der Waals surface area contributed by atoms with Crippen LogP contribution in [0.3, 0.4) is 0 Å². The third-order valence-corrected chi connectivity index (χ3v) is 3.38. The summed E-state index contributed by atoms with van der Waals surface area (Å²) in [5.74, 6) is 0. The number of piperidine rings is 1. The second-order valence-corrected chi connectivity index (χ2v) is 4.54. The molecule has 1 saturated heterocycles. The van der Waals surface area contributed by atoms with Crippen molar-refractivity contribution in [1.82, 2.24) is 10.2 Å². The van der Waals surface area contributed by atoms with E-state index in [1.165, 1.54) is 51.7 Å². The molecule has 1 rings (SSSR count). The minimum Gasteiger partial charge on any atom is -0.396 e. The number of hydrogen-bond donors (Lipinski definition) is 2. The number of aliphatic hydroxyl groups is 1. The van der Waals surface area contributed by atoms with Gasteiger partial charge in [0, 0.05) is 12.6 Å². The monoisotopic (exact) mass is 214 g/mol. The smallest absolute Gasteiger partial charge is 0.0431 e. The highest BCUT2D eigenvalue weighted by atomic mass is 16.2. The number of hydrogen-bond acceptors (Lipinski definition) is 3. The molecule has 0 amide bonds. The normalized spacial score (nSPS) is 19.6. The van der Waals surface area contributed by atoms with Gasteiger partial charge in [0.1, 0.15) is 0 Å². The zero-order valence-electron chi connectivity index (χ0n) is 10.0. The van der Waals surface area contributed by atoms with Crippen LogP contribution < -0.4 is 5.32 Å². The van der Waals surface area contributed by atoms with Gasteiger partial charge >= 0.3 is 0 Å². The van der Waals surface area contributed by atoms with Crippen LogP contribution in [0, 0.1) is 0 Å². The molecule has 3 heteroatoms. The Hall–Kier alpha value is -0.120. The van der Waals surface area contributed by atoms with E-state index in [4.69, 9.17) is 5.11 Å². The van der Waals surface area contributed by atoms with E-state index in [0.717, 1.165) is 12.5 Å². The Kier molecular flexibility index (Phi) is 6.98. The first kappa shape index (κ1) is 12.9. The van der Waals surface area contributed by atoms with Gasteiger partial charge in [-0.1, -0.05) is 12.8 Å². The number of likely N-dealkylation sites (tertiary alicyclic amines) is 1. The zero-order valence-corrected chi connectivity index (χ0v) is 10.0. The molecular formula is C12H26N2O. The molecule has 90 valence electrons. The second-order valence-electron chi connectivity index (χ2n) is 4.54. The largest absolute Gasteiger partial charge is 0.396 e. The van der Waals surface area contributed by atoms with Crippen LogP contribution in [0.2, 0.25) is 0 Å². The van der Waals surface area contributed by atoms with Crippen molar-refractivity contribution in [1.29, 1.82) is 0 Å². The van der Waals surface area contributed by atoms with E-state index in [9.17, 15) is 0 Å². The predicted molar refractivity (Wildman–Crippen MR) is 64.1 cm³/mol. The maximum Gasteiger partial charge on any atom is 0.0431 e. The van der Waals surface area contributed by atoms with Gasteiger partial charge in [0.05, 0.1) is 0 Å². The molecule has 0 aromatic carbocycles. The van der Waals surface area contributed by atoms with Gasteiger partial charge in [-0.25, -0.2) is 0 Å². The van der Waals surface area contributed by atoms with Gasteiger partial charge in [0.15, 0.2) is 0 Å². The predicted octanol–water partition coefficient (Wildman–Crippen LogP) is 1.22. The Labute approximate surface area is 93.9 Å². The Morgan fingerprint density at radius 2 is 1.80 bits per heavy atom. The molecule has 0 spiro atoms. The third-order valence-electron chi connectivity index (χ3n) is 3.38. The number of nitrogens with zero attached hydrogens (tertiary/aromatic N) is 1. The quantitative estimate of drug-likeness (QED) is 0.626. The first-order valence-corrected chi connectivity index (χ1v) is 6.37. The molecule has 0 aromatic heterocycles. The minimum absolute atomic E-state index is 0.355. The van der Waals surface area contributed by atoms with E-state index >= 15 is 0 Å². The van der Waals surface area contributed by atoms with Crippen LogP contribution >= 0.6 is 0 Å². The zero-order chi connectivity index (χ0) is 10.9. The fraction of sp³-hybridized carbons (Fsp3) is 1.00. The lowest BCUT2D eigenvalue weighted by atomic mass is 10.0. The molecule has 0 bridgehead atoms. The van der Waals surface area contributed by atoms with E-state index in [2.05, 4.69) is 17.3 Å². The summed E-state index contributed by atoms with van der Waals surface area (Å²) >= 11 is 0. The molecule has 0 atom stereocenters. The number of aliphatic hydroxyl groups excluding tert-OH is 1. The summed E-state index contributed by atoms with van der Waals surface area (Å²) in [7, 11) is 2.06. The topological polar surface area (TPSA) is 35.5 Å². The van der Waals surface area contributed by atoms with Gasteiger partial charge in [-0.15, -0.1) is 0 Å². The number of unbranched alkanes of at least 4 members (excludes halogenated alkanes) is 3. The summed E-state index contributed by atoms with van der Waals surface area (Å²) in [6.07, 6.45) is 7.32. The third kappa shape index (κ3) is 5.50. The highest BCUT2D eigenvalue weighted by molar-refractivity contribution is 4.75. The Morgan fingerprint density at radius 1 is 1.13 bits per heavy atom. The fourth-order valence-corrected chi connectivity index (χ4v) is 2.25. The van der Waals surface area contributed by atoms with E-state index in [1.54, 1.807) is 0 Å². The summed E-state index contributed by atoms with van der Waals surface area (Å²) < 4.78 is 0. The van der Waals surface area contributed by atoms with Gasteiger partial charge in [-0.05, 0) is 52.4 Å². The van der Waals surface area contributed by atoms with Crippen LogP contribution in [0.15, 0.2) is 0 Å². The Bertz CT molecular complexity index is 145. The number of rotatable bonds is 7. The highest BCUT2D eigenvalue weighted by Crippen LogP contribution is 2.11. The lowest BCUT2D eigenvalue weighted by molar-refractivity contribution is 0.197. The van der Waals surface area contributed by atoms with E-state index < -0.39 is 0 Å². The van der Waals surface area contributed by atoms with E-state index in [1.807, 2.05) is 0 Å². The number of nitrogens with one attached hydrogen (secondary N) is 1. The maximum absolute atomic E-state index is 8.65. The van der Waals surface area contributed by atoms with Gasteiger partial charge < -0.3 is 15.3 Å². The van der Waals surface area contributed by atoms with Crippen molar-refractivity contribution < 1.29 is 5.11 Å². The first-order chi connectivity index (χ1) is 7.36. The summed E-state index contributed by atoms with van der Waals surface area (Å²) in [5.41, 5.74) is 0. The molecule has 3 nitrogen and oxygen atoms in total. The van der Waals surface area contributed by atoms with Crippen LogP contribution in [-0.4, -0.2) is 49.3 Å².